The molecule has 2 heterocycles. The largest absolute Gasteiger partial charge is 0.480 e. The average Bonchev–Trinajstić information content (AvgIpc) is 3.16. The molecule has 0 aliphatic carbocycles. The van der Waals surface area contributed by atoms with E-state index in [4.69, 9.17) is 9.52 Å². The number of rotatable bonds is 6. The Morgan fingerprint density at radius 3 is 2.74 bits per heavy atom. The van der Waals surface area contributed by atoms with Gasteiger partial charge in [0, 0.05) is 19.9 Å². The Kier molecular flexibility index (Phi) is 5.59. The van der Waals surface area contributed by atoms with Crippen molar-refractivity contribution < 1.29 is 28.7 Å². The highest BCUT2D eigenvalue weighted by Crippen LogP contribution is 2.25. The summed E-state index contributed by atoms with van der Waals surface area (Å²) in [5.41, 5.74) is 0. The first kappa shape index (κ1) is 17.3. The molecule has 1 saturated heterocycles. The van der Waals surface area contributed by atoms with Gasteiger partial charge < -0.3 is 14.4 Å². The summed E-state index contributed by atoms with van der Waals surface area (Å²) in [4.78, 5) is 48.5. The summed E-state index contributed by atoms with van der Waals surface area (Å²) < 4.78 is 5.03. The van der Waals surface area contributed by atoms with Crippen LogP contribution in [0, 0.1) is 0 Å². The van der Waals surface area contributed by atoms with Gasteiger partial charge in [0.1, 0.15) is 6.04 Å². The zero-order chi connectivity index (χ0) is 17.0. The molecule has 0 spiro atoms. The smallest absolute Gasteiger partial charge is 0.326 e. The molecular weight excluding hydrogens is 322 g/mol. The van der Waals surface area contributed by atoms with Crippen molar-refractivity contribution in [3.63, 3.8) is 0 Å². The molecule has 0 saturated carbocycles. The van der Waals surface area contributed by atoms with Gasteiger partial charge in [0.2, 0.25) is 11.7 Å². The van der Waals surface area contributed by atoms with Crippen LogP contribution in [-0.2, 0) is 14.4 Å². The van der Waals surface area contributed by atoms with E-state index in [1.54, 1.807) is 6.07 Å². The van der Waals surface area contributed by atoms with Gasteiger partial charge in [0.05, 0.1) is 11.5 Å². The van der Waals surface area contributed by atoms with Crippen LogP contribution in [-0.4, -0.2) is 50.6 Å². The maximum Gasteiger partial charge on any atom is 0.326 e. The lowest BCUT2D eigenvalue weighted by Crippen LogP contribution is -2.42. The molecule has 1 aliphatic heterocycles. The van der Waals surface area contributed by atoms with Crippen molar-refractivity contribution in [2.45, 2.75) is 37.5 Å². The van der Waals surface area contributed by atoms with Gasteiger partial charge in [0.15, 0.2) is 10.9 Å². The SMILES string of the molecule is CC(=O)SC(CC(=O)N1CCC[C@H]1C(=O)O)C(=O)c1ccco1. The molecule has 8 heteroatoms. The number of furan rings is 1. The number of thioether (sulfide) groups is 1. The molecule has 2 atom stereocenters. The second-order valence-electron chi connectivity index (χ2n) is 5.23. The third kappa shape index (κ3) is 4.22. The number of hydrogen-bond donors (Lipinski definition) is 1. The Balaban J connectivity index is 2.11. The number of amides is 1. The van der Waals surface area contributed by atoms with Crippen LogP contribution in [0.5, 0.6) is 0 Å². The molecule has 1 aromatic rings. The summed E-state index contributed by atoms with van der Waals surface area (Å²) in [6, 6.07) is 2.16. The van der Waals surface area contributed by atoms with Crippen molar-refractivity contribution in [1.29, 1.82) is 0 Å². The van der Waals surface area contributed by atoms with Crippen LogP contribution < -0.4 is 0 Å². The quantitative estimate of drug-likeness (QED) is 0.784. The predicted molar refractivity (Wildman–Crippen MR) is 82.1 cm³/mol. The Hall–Kier alpha value is -2.09. The first-order valence-electron chi connectivity index (χ1n) is 7.17. The molecule has 124 valence electrons. The highest BCUT2D eigenvalue weighted by Gasteiger charge is 2.36. The second-order valence-corrected chi connectivity index (χ2v) is 6.61. The van der Waals surface area contributed by atoms with Crippen LogP contribution in [0.2, 0.25) is 0 Å². The van der Waals surface area contributed by atoms with Crippen LogP contribution in [0.4, 0.5) is 0 Å². The Morgan fingerprint density at radius 2 is 2.17 bits per heavy atom. The molecule has 0 aromatic carbocycles. The maximum absolute atomic E-state index is 12.4. The van der Waals surface area contributed by atoms with Crippen molar-refractivity contribution >= 4 is 34.5 Å². The Morgan fingerprint density at radius 1 is 1.43 bits per heavy atom. The van der Waals surface area contributed by atoms with E-state index in [0.29, 0.717) is 19.4 Å². The van der Waals surface area contributed by atoms with E-state index in [9.17, 15) is 19.2 Å². The summed E-state index contributed by atoms with van der Waals surface area (Å²) in [5, 5.41) is 7.93. The van der Waals surface area contributed by atoms with Gasteiger partial charge in [-0.15, -0.1) is 0 Å². The van der Waals surface area contributed by atoms with Crippen molar-refractivity contribution in [1.82, 2.24) is 4.90 Å². The topological polar surface area (TPSA) is 105 Å². The van der Waals surface area contributed by atoms with Gasteiger partial charge >= 0.3 is 5.97 Å². The maximum atomic E-state index is 12.4. The van der Waals surface area contributed by atoms with E-state index < -0.39 is 29.0 Å². The van der Waals surface area contributed by atoms with E-state index in [2.05, 4.69) is 0 Å². The highest BCUT2D eigenvalue weighted by molar-refractivity contribution is 8.14. The number of carbonyl (C=O) groups is 4. The first-order valence-corrected chi connectivity index (χ1v) is 8.05. The van der Waals surface area contributed by atoms with Crippen LogP contribution in [0.25, 0.3) is 0 Å². The van der Waals surface area contributed by atoms with Crippen molar-refractivity contribution in [3.05, 3.63) is 24.2 Å². The summed E-state index contributed by atoms with van der Waals surface area (Å²) >= 11 is 0.759. The number of carbonyl (C=O) groups excluding carboxylic acids is 3. The number of ketones is 1. The van der Waals surface area contributed by atoms with Crippen LogP contribution in [0.15, 0.2) is 22.8 Å². The number of nitrogens with zero attached hydrogens (tertiary/aromatic N) is 1. The third-order valence-corrected chi connectivity index (χ3v) is 4.58. The molecule has 7 nitrogen and oxygen atoms in total. The molecule has 1 fully saturated rings. The lowest BCUT2D eigenvalue weighted by atomic mass is 10.1. The van der Waals surface area contributed by atoms with Gasteiger partial charge in [-0.3, -0.25) is 14.4 Å². The summed E-state index contributed by atoms with van der Waals surface area (Å²) in [6.45, 7) is 1.66. The van der Waals surface area contributed by atoms with Gasteiger partial charge in [-0.05, 0) is 25.0 Å². The zero-order valence-corrected chi connectivity index (χ0v) is 13.4. The predicted octanol–water partition coefficient (Wildman–Crippen LogP) is 1.58. The van der Waals surface area contributed by atoms with Crippen molar-refractivity contribution in [2.75, 3.05) is 6.54 Å². The molecule has 2 rings (SSSR count). The number of carboxylic acid groups (broad SMARTS) is 1. The molecular formula is C15H17NO6S. The highest BCUT2D eigenvalue weighted by atomic mass is 32.2. The number of hydrogen-bond acceptors (Lipinski definition) is 6. The minimum atomic E-state index is -1.05. The fourth-order valence-corrected chi connectivity index (χ4v) is 3.41. The monoisotopic (exact) mass is 339 g/mol. The van der Waals surface area contributed by atoms with Crippen molar-refractivity contribution in [2.24, 2.45) is 0 Å². The fourth-order valence-electron chi connectivity index (χ4n) is 2.56. The first-order chi connectivity index (χ1) is 10.9. The number of carboxylic acids is 1. The molecule has 1 unspecified atom stereocenters. The number of Topliss-reactive ketones (excluding diaryl/α,β-unsaturated/α-hetero) is 1. The standard InChI is InChI=1S/C15H17NO6S/c1-9(17)23-12(14(19)11-5-3-7-22-11)8-13(18)16-6-2-4-10(16)15(20)21/h3,5,7,10,12H,2,4,6,8H2,1H3,(H,20,21)/t10-,12?/m0/s1. The van der Waals surface area contributed by atoms with E-state index >= 15 is 0 Å². The van der Waals surface area contributed by atoms with Gasteiger partial charge in [-0.2, -0.15) is 0 Å². The summed E-state index contributed by atoms with van der Waals surface area (Å²) in [7, 11) is 0. The van der Waals surface area contributed by atoms with Gasteiger partial charge in [-0.25, -0.2) is 4.79 Å². The molecule has 23 heavy (non-hydrogen) atoms. The lowest BCUT2D eigenvalue weighted by Gasteiger charge is -2.23. The number of aliphatic carboxylic acids is 1. The molecule has 0 radical (unpaired) electrons. The second kappa shape index (κ2) is 7.45. The van der Waals surface area contributed by atoms with E-state index in [1.807, 2.05) is 0 Å². The lowest BCUT2D eigenvalue weighted by molar-refractivity contribution is -0.148. The summed E-state index contributed by atoms with van der Waals surface area (Å²) in [6.07, 6.45) is 2.12. The summed E-state index contributed by atoms with van der Waals surface area (Å²) in [5.74, 6) is -1.86. The van der Waals surface area contributed by atoms with E-state index in [0.717, 1.165) is 11.8 Å². The van der Waals surface area contributed by atoms with Crippen LogP contribution >= 0.6 is 11.8 Å². The minimum Gasteiger partial charge on any atom is -0.480 e. The molecule has 1 aromatic heterocycles. The van der Waals surface area contributed by atoms with Crippen LogP contribution in [0.1, 0.15) is 36.7 Å². The fraction of sp³-hybridized carbons (Fsp3) is 0.467. The average molecular weight is 339 g/mol. The van der Waals surface area contributed by atoms with Gasteiger partial charge in [-0.1, -0.05) is 11.8 Å². The number of likely N-dealkylation sites (tertiary alicyclic amines) is 1. The molecule has 1 amide bonds. The Labute approximate surface area is 137 Å². The van der Waals surface area contributed by atoms with Gasteiger partial charge in [0.25, 0.3) is 0 Å². The zero-order valence-electron chi connectivity index (χ0n) is 12.6. The molecule has 0 bridgehead atoms. The van der Waals surface area contributed by atoms with Crippen LogP contribution in [0.3, 0.4) is 0 Å². The Bertz CT molecular complexity index is 611. The third-order valence-electron chi connectivity index (χ3n) is 3.58. The van der Waals surface area contributed by atoms with Crippen molar-refractivity contribution in [3.8, 4) is 0 Å². The minimum absolute atomic E-state index is 0.0766. The van der Waals surface area contributed by atoms with E-state index in [1.165, 1.54) is 24.2 Å². The molecule has 1 aliphatic rings. The molecule has 1 N–H and O–H groups in total. The van der Waals surface area contributed by atoms with E-state index in [-0.39, 0.29) is 17.3 Å². The normalized spacial score (nSPS) is 18.7.